The van der Waals surface area contributed by atoms with Crippen molar-refractivity contribution >= 4 is 6.03 Å². The second-order valence-corrected chi connectivity index (χ2v) is 6.83. The third kappa shape index (κ3) is 7.05. The first-order valence-electron chi connectivity index (χ1n) is 9.05. The van der Waals surface area contributed by atoms with Gasteiger partial charge in [0.1, 0.15) is 11.5 Å². The first-order valence-corrected chi connectivity index (χ1v) is 9.05. The summed E-state index contributed by atoms with van der Waals surface area (Å²) in [6.45, 7) is 3.97. The Morgan fingerprint density at radius 2 is 1.12 bits per heavy atom. The topological polar surface area (TPSA) is 81.6 Å². The molecule has 140 valence electrons. The van der Waals surface area contributed by atoms with Crippen LogP contribution in [0.5, 0.6) is 11.5 Å². The lowest BCUT2D eigenvalue weighted by molar-refractivity contribution is 0.233. The monoisotopic (exact) mass is 356 g/mol. The molecule has 0 aliphatic carbocycles. The third-order valence-electron chi connectivity index (χ3n) is 4.36. The molecule has 0 aliphatic heterocycles. The highest BCUT2D eigenvalue weighted by Gasteiger charge is 2.10. The number of carbonyl (C=O) groups excluding carboxylic acids is 1. The van der Waals surface area contributed by atoms with Crippen LogP contribution in [0, 0.1) is 0 Å². The van der Waals surface area contributed by atoms with Gasteiger partial charge in [0.2, 0.25) is 0 Å². The van der Waals surface area contributed by atoms with Gasteiger partial charge in [-0.05, 0) is 74.9 Å². The summed E-state index contributed by atoms with van der Waals surface area (Å²) in [7, 11) is 0. The minimum absolute atomic E-state index is 0.0631. The smallest absolute Gasteiger partial charge is 0.315 e. The number of benzene rings is 2. The van der Waals surface area contributed by atoms with Gasteiger partial charge in [0.25, 0.3) is 0 Å². The number of hydrogen-bond donors (Lipinski definition) is 4. The molecule has 2 aromatic carbocycles. The van der Waals surface area contributed by atoms with Crippen LogP contribution in [0.2, 0.25) is 0 Å². The normalized spacial score (nSPS) is 13.0. The maximum absolute atomic E-state index is 12.1. The number of urea groups is 1. The molecule has 0 radical (unpaired) electrons. The summed E-state index contributed by atoms with van der Waals surface area (Å²) in [5.41, 5.74) is 2.28. The zero-order valence-corrected chi connectivity index (χ0v) is 15.4. The summed E-state index contributed by atoms with van der Waals surface area (Å²) in [5, 5.41) is 24.5. The van der Waals surface area contributed by atoms with Gasteiger partial charge >= 0.3 is 6.03 Å². The number of nitrogens with one attached hydrogen (secondary N) is 2. The molecule has 0 spiro atoms. The van der Waals surface area contributed by atoms with E-state index in [1.165, 1.54) is 0 Å². The van der Waals surface area contributed by atoms with E-state index in [1.54, 1.807) is 24.3 Å². The van der Waals surface area contributed by atoms with Crippen molar-refractivity contribution in [1.29, 1.82) is 0 Å². The van der Waals surface area contributed by atoms with Gasteiger partial charge in [-0.15, -0.1) is 0 Å². The van der Waals surface area contributed by atoms with Crippen LogP contribution in [-0.4, -0.2) is 28.3 Å². The quantitative estimate of drug-likeness (QED) is 0.581. The predicted molar refractivity (Wildman–Crippen MR) is 103 cm³/mol. The van der Waals surface area contributed by atoms with Crippen LogP contribution in [0.4, 0.5) is 4.79 Å². The van der Waals surface area contributed by atoms with E-state index in [9.17, 15) is 15.0 Å². The van der Waals surface area contributed by atoms with Crippen molar-refractivity contribution in [1.82, 2.24) is 10.6 Å². The number of hydrogen-bond acceptors (Lipinski definition) is 3. The highest BCUT2D eigenvalue weighted by molar-refractivity contribution is 5.74. The number of rotatable bonds is 8. The number of phenols is 2. The van der Waals surface area contributed by atoms with Crippen molar-refractivity contribution in [3.63, 3.8) is 0 Å². The van der Waals surface area contributed by atoms with E-state index >= 15 is 0 Å². The molecule has 2 aromatic rings. The Morgan fingerprint density at radius 3 is 1.46 bits per heavy atom. The fourth-order valence-corrected chi connectivity index (χ4v) is 2.73. The van der Waals surface area contributed by atoms with Gasteiger partial charge in [-0.1, -0.05) is 24.3 Å². The standard InChI is InChI=1S/C21H28N2O3/c1-15(3-5-17-7-11-19(24)12-8-17)22-21(26)23-16(2)4-6-18-9-13-20(25)14-10-18/h7-16,24-25H,3-6H2,1-2H3,(H2,22,23,26)/t15-,16+. The van der Waals surface area contributed by atoms with E-state index in [-0.39, 0.29) is 29.6 Å². The van der Waals surface area contributed by atoms with Crippen molar-refractivity contribution in [3.8, 4) is 11.5 Å². The lowest BCUT2D eigenvalue weighted by atomic mass is 10.1. The van der Waals surface area contributed by atoms with E-state index < -0.39 is 0 Å². The first kappa shape index (κ1) is 19.6. The van der Waals surface area contributed by atoms with Crippen LogP contribution in [0.3, 0.4) is 0 Å². The summed E-state index contributed by atoms with van der Waals surface area (Å²) in [5.74, 6) is 0.529. The second kappa shape index (κ2) is 9.70. The van der Waals surface area contributed by atoms with Crippen LogP contribution in [-0.2, 0) is 12.8 Å². The number of aryl methyl sites for hydroxylation is 2. The number of aromatic hydroxyl groups is 2. The Morgan fingerprint density at radius 1 is 0.769 bits per heavy atom. The Bertz CT molecular complexity index is 624. The molecular weight excluding hydrogens is 328 g/mol. The highest BCUT2D eigenvalue weighted by Crippen LogP contribution is 2.13. The summed E-state index contributed by atoms with van der Waals surface area (Å²) in [6, 6.07) is 14.3. The molecule has 26 heavy (non-hydrogen) atoms. The van der Waals surface area contributed by atoms with Crippen LogP contribution in [0.1, 0.15) is 37.8 Å². The molecule has 0 aromatic heterocycles. The largest absolute Gasteiger partial charge is 0.508 e. The second-order valence-electron chi connectivity index (χ2n) is 6.83. The van der Waals surface area contributed by atoms with E-state index in [0.29, 0.717) is 0 Å². The fraction of sp³-hybridized carbons (Fsp3) is 0.381. The Labute approximate surface area is 155 Å². The fourth-order valence-electron chi connectivity index (χ4n) is 2.73. The average Bonchev–Trinajstić information content (AvgIpc) is 2.60. The molecule has 0 saturated heterocycles. The highest BCUT2D eigenvalue weighted by atomic mass is 16.3. The lowest BCUT2D eigenvalue weighted by Crippen LogP contribution is -2.44. The molecule has 2 atom stereocenters. The van der Waals surface area contributed by atoms with Gasteiger partial charge in [-0.2, -0.15) is 0 Å². The predicted octanol–water partition coefficient (Wildman–Crippen LogP) is 3.74. The van der Waals surface area contributed by atoms with Crippen molar-refractivity contribution in [2.24, 2.45) is 0 Å². The maximum atomic E-state index is 12.1. The zero-order chi connectivity index (χ0) is 18.9. The van der Waals surface area contributed by atoms with Gasteiger partial charge in [-0.25, -0.2) is 4.79 Å². The molecule has 0 unspecified atom stereocenters. The van der Waals surface area contributed by atoms with Crippen molar-refractivity contribution in [2.75, 3.05) is 0 Å². The molecule has 2 rings (SSSR count). The van der Waals surface area contributed by atoms with Gasteiger partial charge in [0, 0.05) is 12.1 Å². The average molecular weight is 356 g/mol. The SMILES string of the molecule is C[C@H](CCc1ccc(O)cc1)NC(=O)N[C@@H](C)CCc1ccc(O)cc1. The van der Waals surface area contributed by atoms with Crippen molar-refractivity contribution in [3.05, 3.63) is 59.7 Å². The molecule has 0 saturated carbocycles. The lowest BCUT2D eigenvalue weighted by Gasteiger charge is -2.18. The Kier molecular flexibility index (Phi) is 7.33. The van der Waals surface area contributed by atoms with Crippen molar-refractivity contribution in [2.45, 2.75) is 51.6 Å². The summed E-state index contributed by atoms with van der Waals surface area (Å²) >= 11 is 0. The van der Waals surface area contributed by atoms with Gasteiger partial charge < -0.3 is 20.8 Å². The molecule has 5 nitrogen and oxygen atoms in total. The van der Waals surface area contributed by atoms with Crippen LogP contribution in [0.25, 0.3) is 0 Å². The van der Waals surface area contributed by atoms with Gasteiger partial charge in [0.05, 0.1) is 0 Å². The zero-order valence-electron chi connectivity index (χ0n) is 15.4. The Balaban J connectivity index is 1.66. The molecule has 0 heterocycles. The summed E-state index contributed by atoms with van der Waals surface area (Å²) < 4.78 is 0. The van der Waals surface area contributed by atoms with Crippen LogP contribution >= 0.6 is 0 Å². The molecule has 0 aliphatic rings. The Hall–Kier alpha value is -2.69. The van der Waals surface area contributed by atoms with Gasteiger partial charge in [-0.3, -0.25) is 0 Å². The molecular formula is C21H28N2O3. The van der Waals surface area contributed by atoms with Crippen LogP contribution in [0.15, 0.2) is 48.5 Å². The summed E-state index contributed by atoms with van der Waals surface area (Å²) in [6.07, 6.45) is 3.36. The van der Waals surface area contributed by atoms with E-state index in [4.69, 9.17) is 0 Å². The molecule has 2 amide bonds. The van der Waals surface area contributed by atoms with Gasteiger partial charge in [0.15, 0.2) is 0 Å². The molecule has 0 fully saturated rings. The van der Waals surface area contributed by atoms with E-state index in [2.05, 4.69) is 10.6 Å². The van der Waals surface area contributed by atoms with E-state index in [0.717, 1.165) is 36.8 Å². The maximum Gasteiger partial charge on any atom is 0.315 e. The number of carbonyl (C=O) groups is 1. The minimum Gasteiger partial charge on any atom is -0.508 e. The van der Waals surface area contributed by atoms with Crippen LogP contribution < -0.4 is 10.6 Å². The number of phenolic OH excluding ortho intramolecular Hbond substituents is 2. The molecule has 4 N–H and O–H groups in total. The first-order chi connectivity index (χ1) is 12.4. The molecule has 5 heteroatoms. The third-order valence-corrected chi connectivity index (χ3v) is 4.36. The minimum atomic E-state index is -0.151. The summed E-state index contributed by atoms with van der Waals surface area (Å²) in [4.78, 5) is 12.1. The number of amides is 2. The van der Waals surface area contributed by atoms with Crippen molar-refractivity contribution < 1.29 is 15.0 Å². The molecule has 0 bridgehead atoms. The van der Waals surface area contributed by atoms with E-state index in [1.807, 2.05) is 38.1 Å².